The van der Waals surface area contributed by atoms with Crippen LogP contribution in [0.15, 0.2) is 53.4 Å². The first-order chi connectivity index (χ1) is 10.6. The van der Waals surface area contributed by atoms with Gasteiger partial charge in [-0.15, -0.1) is 11.8 Å². The fourth-order valence-electron chi connectivity index (χ4n) is 1.77. The monoisotopic (exact) mass is 318 g/mol. The molecule has 0 bridgehead atoms. The van der Waals surface area contributed by atoms with Gasteiger partial charge in [-0.1, -0.05) is 18.2 Å². The molecule has 2 N–H and O–H groups in total. The summed E-state index contributed by atoms with van der Waals surface area (Å²) in [5.74, 6) is -0.190. The molecule has 6 nitrogen and oxygen atoms in total. The second-order valence-electron chi connectivity index (χ2n) is 4.38. The number of nitrogens with zero attached hydrogens (tertiary/aromatic N) is 1. The highest BCUT2D eigenvalue weighted by molar-refractivity contribution is 7.99. The van der Waals surface area contributed by atoms with Crippen molar-refractivity contribution in [2.45, 2.75) is 4.90 Å². The van der Waals surface area contributed by atoms with Gasteiger partial charge >= 0.3 is 5.69 Å². The van der Waals surface area contributed by atoms with Crippen molar-refractivity contribution in [2.75, 3.05) is 12.3 Å². The first-order valence-corrected chi connectivity index (χ1v) is 7.50. The SMILES string of the molecule is O=C(NCCSc1ccccc1)c1ccc([N+](=O)[O-])c(O)c1. The minimum absolute atomic E-state index is 0.188. The molecule has 0 aliphatic carbocycles. The number of amides is 1. The molecule has 0 radical (unpaired) electrons. The molecule has 0 atom stereocenters. The normalized spacial score (nSPS) is 10.2. The summed E-state index contributed by atoms with van der Waals surface area (Å²) in [5.41, 5.74) is -0.232. The number of hydrogen-bond acceptors (Lipinski definition) is 5. The summed E-state index contributed by atoms with van der Waals surface area (Å²) < 4.78 is 0. The smallest absolute Gasteiger partial charge is 0.310 e. The highest BCUT2D eigenvalue weighted by Crippen LogP contribution is 2.26. The molecule has 2 rings (SSSR count). The molecule has 2 aromatic rings. The van der Waals surface area contributed by atoms with Crippen molar-refractivity contribution in [1.29, 1.82) is 0 Å². The molecule has 0 fully saturated rings. The maximum absolute atomic E-state index is 11.9. The minimum Gasteiger partial charge on any atom is -0.502 e. The fraction of sp³-hybridized carbons (Fsp3) is 0.133. The summed E-state index contributed by atoms with van der Waals surface area (Å²) in [7, 11) is 0. The number of carbonyl (C=O) groups excluding carboxylic acids is 1. The number of hydrogen-bond donors (Lipinski definition) is 2. The lowest BCUT2D eigenvalue weighted by Gasteiger charge is -2.06. The van der Waals surface area contributed by atoms with E-state index in [-0.39, 0.29) is 11.5 Å². The van der Waals surface area contributed by atoms with Crippen LogP contribution < -0.4 is 5.32 Å². The third-order valence-electron chi connectivity index (χ3n) is 2.83. The Labute approximate surface area is 131 Å². The summed E-state index contributed by atoms with van der Waals surface area (Å²) in [6, 6.07) is 13.3. The topological polar surface area (TPSA) is 92.5 Å². The van der Waals surface area contributed by atoms with Crippen molar-refractivity contribution in [3.8, 4) is 5.75 Å². The number of carbonyl (C=O) groups is 1. The number of phenolic OH excluding ortho intramolecular Hbond substituents is 1. The maximum Gasteiger partial charge on any atom is 0.310 e. The molecule has 114 valence electrons. The van der Waals surface area contributed by atoms with E-state index < -0.39 is 16.4 Å². The zero-order chi connectivity index (χ0) is 15.9. The summed E-state index contributed by atoms with van der Waals surface area (Å²) in [6.07, 6.45) is 0. The second-order valence-corrected chi connectivity index (χ2v) is 5.55. The Morgan fingerprint density at radius 1 is 1.23 bits per heavy atom. The number of nitro groups is 1. The van der Waals surface area contributed by atoms with Gasteiger partial charge in [0.1, 0.15) is 0 Å². The first-order valence-electron chi connectivity index (χ1n) is 6.51. The van der Waals surface area contributed by atoms with E-state index in [4.69, 9.17) is 0 Å². The van der Waals surface area contributed by atoms with Crippen LogP contribution in [0.1, 0.15) is 10.4 Å². The van der Waals surface area contributed by atoms with Crippen LogP contribution in [0.4, 0.5) is 5.69 Å². The van der Waals surface area contributed by atoms with Gasteiger partial charge in [0.05, 0.1) is 4.92 Å². The van der Waals surface area contributed by atoms with Gasteiger partial charge in [-0.05, 0) is 24.3 Å². The number of rotatable bonds is 6. The van der Waals surface area contributed by atoms with Crippen LogP contribution in [0.2, 0.25) is 0 Å². The van der Waals surface area contributed by atoms with E-state index in [2.05, 4.69) is 5.32 Å². The van der Waals surface area contributed by atoms with E-state index in [9.17, 15) is 20.0 Å². The lowest BCUT2D eigenvalue weighted by atomic mass is 10.2. The largest absolute Gasteiger partial charge is 0.502 e. The van der Waals surface area contributed by atoms with Crippen molar-refractivity contribution in [3.63, 3.8) is 0 Å². The molecule has 0 spiro atoms. The van der Waals surface area contributed by atoms with E-state index in [1.54, 1.807) is 11.8 Å². The van der Waals surface area contributed by atoms with E-state index in [0.29, 0.717) is 12.3 Å². The summed E-state index contributed by atoms with van der Waals surface area (Å²) in [5, 5.41) is 22.8. The number of nitro benzene ring substituents is 1. The predicted octanol–water partition coefficient (Wildman–Crippen LogP) is 2.82. The third-order valence-corrected chi connectivity index (χ3v) is 3.85. The molecule has 1 amide bonds. The summed E-state index contributed by atoms with van der Waals surface area (Å²) in [4.78, 5) is 22.9. The Morgan fingerprint density at radius 3 is 2.59 bits per heavy atom. The molecule has 0 aliphatic heterocycles. The molecule has 0 aromatic heterocycles. The molecule has 22 heavy (non-hydrogen) atoms. The van der Waals surface area contributed by atoms with Crippen LogP contribution in [0.3, 0.4) is 0 Å². The van der Waals surface area contributed by atoms with Crippen LogP contribution in [0.25, 0.3) is 0 Å². The van der Waals surface area contributed by atoms with Gasteiger partial charge in [-0.3, -0.25) is 14.9 Å². The van der Waals surface area contributed by atoms with Gasteiger partial charge in [0.2, 0.25) is 0 Å². The number of benzene rings is 2. The first kappa shape index (κ1) is 15.8. The average Bonchev–Trinajstić information content (AvgIpc) is 2.52. The number of nitrogens with one attached hydrogen (secondary N) is 1. The van der Waals surface area contributed by atoms with Crippen molar-refractivity contribution in [3.05, 3.63) is 64.2 Å². The third kappa shape index (κ3) is 4.23. The van der Waals surface area contributed by atoms with Crippen LogP contribution in [-0.4, -0.2) is 28.2 Å². The molecule has 0 saturated heterocycles. The van der Waals surface area contributed by atoms with Gasteiger partial charge in [-0.2, -0.15) is 0 Å². The number of aromatic hydroxyl groups is 1. The minimum atomic E-state index is -0.701. The average molecular weight is 318 g/mol. The zero-order valence-corrected chi connectivity index (χ0v) is 12.4. The molecule has 0 unspecified atom stereocenters. The Balaban J connectivity index is 1.85. The highest BCUT2D eigenvalue weighted by atomic mass is 32.2. The fourth-order valence-corrected chi connectivity index (χ4v) is 2.56. The van der Waals surface area contributed by atoms with Gasteiger partial charge in [0.15, 0.2) is 5.75 Å². The molecule has 0 saturated carbocycles. The van der Waals surface area contributed by atoms with E-state index in [1.807, 2.05) is 30.3 Å². The van der Waals surface area contributed by atoms with Crippen molar-refractivity contribution < 1.29 is 14.8 Å². The van der Waals surface area contributed by atoms with E-state index in [1.165, 1.54) is 6.07 Å². The van der Waals surface area contributed by atoms with Crippen molar-refractivity contribution in [2.24, 2.45) is 0 Å². The standard InChI is InChI=1S/C15H14N2O4S/c18-14-10-11(6-7-13(14)17(20)21)15(19)16-8-9-22-12-4-2-1-3-5-12/h1-7,10,18H,8-9H2,(H,16,19). The zero-order valence-electron chi connectivity index (χ0n) is 11.6. The maximum atomic E-state index is 11.9. The second kappa shape index (κ2) is 7.46. The van der Waals surface area contributed by atoms with Crippen LogP contribution in [-0.2, 0) is 0 Å². The molecule has 2 aromatic carbocycles. The lowest BCUT2D eigenvalue weighted by Crippen LogP contribution is -2.25. The molecule has 7 heteroatoms. The molecule has 0 heterocycles. The van der Waals surface area contributed by atoms with Crippen molar-refractivity contribution in [1.82, 2.24) is 5.32 Å². The molecule has 0 aliphatic rings. The van der Waals surface area contributed by atoms with E-state index >= 15 is 0 Å². The summed E-state index contributed by atoms with van der Waals surface area (Å²) in [6.45, 7) is 0.455. The summed E-state index contributed by atoms with van der Waals surface area (Å²) >= 11 is 1.61. The quantitative estimate of drug-likeness (QED) is 0.370. The number of phenols is 1. The highest BCUT2D eigenvalue weighted by Gasteiger charge is 2.15. The number of thioether (sulfide) groups is 1. The van der Waals surface area contributed by atoms with Crippen molar-refractivity contribution >= 4 is 23.4 Å². The Kier molecular flexibility index (Phi) is 5.37. The van der Waals surface area contributed by atoms with Gasteiger partial charge in [0, 0.05) is 28.8 Å². The molecular weight excluding hydrogens is 304 g/mol. The van der Waals surface area contributed by atoms with Gasteiger partial charge in [0.25, 0.3) is 5.91 Å². The van der Waals surface area contributed by atoms with Crippen LogP contribution >= 0.6 is 11.8 Å². The lowest BCUT2D eigenvalue weighted by molar-refractivity contribution is -0.385. The Hall–Kier alpha value is -2.54. The van der Waals surface area contributed by atoms with E-state index in [0.717, 1.165) is 17.0 Å². The molecular formula is C15H14N2O4S. The Bertz CT molecular complexity index is 676. The predicted molar refractivity (Wildman–Crippen MR) is 84.3 cm³/mol. The van der Waals surface area contributed by atoms with Crippen LogP contribution in [0.5, 0.6) is 5.75 Å². The van der Waals surface area contributed by atoms with Gasteiger partial charge in [-0.25, -0.2) is 0 Å². The Morgan fingerprint density at radius 2 is 1.95 bits per heavy atom. The van der Waals surface area contributed by atoms with Gasteiger partial charge < -0.3 is 10.4 Å². The van der Waals surface area contributed by atoms with Crippen LogP contribution in [0, 0.1) is 10.1 Å².